The number of aromatic nitrogens is 2. The predicted molar refractivity (Wildman–Crippen MR) is 94.6 cm³/mol. The van der Waals surface area contributed by atoms with Gasteiger partial charge in [0.1, 0.15) is 5.82 Å². The van der Waals surface area contributed by atoms with Crippen molar-refractivity contribution in [2.24, 2.45) is 5.92 Å². The third-order valence-electron chi connectivity index (χ3n) is 4.50. The molecule has 3 aromatic rings. The van der Waals surface area contributed by atoms with Crippen LogP contribution < -0.4 is 5.32 Å². The number of fused-ring (bicyclic) bond motifs is 1. The van der Waals surface area contributed by atoms with Gasteiger partial charge in [0.05, 0.1) is 17.0 Å². The first-order valence-electron chi connectivity index (χ1n) is 8.36. The maximum Gasteiger partial charge on any atom is 0.232 e. The second-order valence-electron chi connectivity index (χ2n) is 6.39. The van der Waals surface area contributed by atoms with E-state index < -0.39 is 5.92 Å². The summed E-state index contributed by atoms with van der Waals surface area (Å²) in [6, 6.07) is 13.5. The van der Waals surface area contributed by atoms with E-state index >= 15 is 0 Å². The highest BCUT2D eigenvalue weighted by molar-refractivity contribution is 5.97. The van der Waals surface area contributed by atoms with Crippen molar-refractivity contribution in [3.8, 4) is 0 Å². The molecule has 0 spiro atoms. The van der Waals surface area contributed by atoms with Crippen molar-refractivity contribution in [2.45, 2.75) is 13.0 Å². The summed E-state index contributed by atoms with van der Waals surface area (Å²) in [5, 5.41) is 2.75. The number of nitrogens with zero attached hydrogens (tertiary/aromatic N) is 2. The predicted octanol–water partition coefficient (Wildman–Crippen LogP) is 2.69. The van der Waals surface area contributed by atoms with Crippen molar-refractivity contribution in [1.82, 2.24) is 14.9 Å². The third kappa shape index (κ3) is 3.28. The summed E-state index contributed by atoms with van der Waals surface area (Å²) >= 11 is 0. The largest absolute Gasteiger partial charge is 0.338 e. The Balaban J connectivity index is 1.40. The average molecular weight is 352 g/mol. The zero-order valence-corrected chi connectivity index (χ0v) is 13.9. The molecular formula is C19H17FN4O2. The summed E-state index contributed by atoms with van der Waals surface area (Å²) in [5.74, 6) is -0.695. The van der Waals surface area contributed by atoms with E-state index in [1.54, 1.807) is 17.0 Å². The Hall–Kier alpha value is -3.22. The molecule has 1 fully saturated rings. The summed E-state index contributed by atoms with van der Waals surface area (Å²) in [6.45, 7) is 0.704. The zero-order chi connectivity index (χ0) is 18.1. The van der Waals surface area contributed by atoms with Crippen LogP contribution in [-0.4, -0.2) is 33.2 Å². The third-order valence-corrected chi connectivity index (χ3v) is 4.50. The van der Waals surface area contributed by atoms with Crippen molar-refractivity contribution < 1.29 is 14.0 Å². The molecule has 1 aliphatic heterocycles. The van der Waals surface area contributed by atoms with Gasteiger partial charge in [-0.1, -0.05) is 24.3 Å². The van der Waals surface area contributed by atoms with Gasteiger partial charge in [0.15, 0.2) is 0 Å². The SMILES string of the molecule is O=C(Nc1nc2ccccc2[nH]1)[C@@H]1CC(=O)N(Cc2ccc(F)cc2)C1. The molecule has 2 heterocycles. The van der Waals surface area contributed by atoms with Crippen LogP contribution in [0.1, 0.15) is 12.0 Å². The number of para-hydroxylation sites is 2. The number of hydrogen-bond donors (Lipinski definition) is 2. The van der Waals surface area contributed by atoms with Crippen molar-refractivity contribution in [3.63, 3.8) is 0 Å². The maximum atomic E-state index is 13.0. The molecule has 1 saturated heterocycles. The first-order valence-corrected chi connectivity index (χ1v) is 8.36. The highest BCUT2D eigenvalue weighted by Gasteiger charge is 2.34. The van der Waals surface area contributed by atoms with Crippen LogP contribution in [0.25, 0.3) is 11.0 Å². The van der Waals surface area contributed by atoms with Crippen LogP contribution >= 0.6 is 0 Å². The molecule has 4 rings (SSSR count). The maximum absolute atomic E-state index is 13.0. The molecule has 1 atom stereocenters. The minimum absolute atomic E-state index is 0.0842. The van der Waals surface area contributed by atoms with E-state index in [1.165, 1.54) is 12.1 Å². The van der Waals surface area contributed by atoms with Gasteiger partial charge in [-0.25, -0.2) is 9.37 Å². The first-order chi connectivity index (χ1) is 12.6. The van der Waals surface area contributed by atoms with E-state index in [2.05, 4.69) is 15.3 Å². The molecule has 7 heteroatoms. The van der Waals surface area contributed by atoms with Crippen LogP contribution in [0, 0.1) is 11.7 Å². The molecule has 1 aliphatic rings. The lowest BCUT2D eigenvalue weighted by molar-refractivity contribution is -0.128. The van der Waals surface area contributed by atoms with Crippen LogP contribution in [0.15, 0.2) is 48.5 Å². The van der Waals surface area contributed by atoms with Crippen molar-refractivity contribution in [3.05, 3.63) is 59.9 Å². The number of H-pyrrole nitrogens is 1. The molecule has 0 bridgehead atoms. The Labute approximate surface area is 149 Å². The summed E-state index contributed by atoms with van der Waals surface area (Å²) < 4.78 is 13.0. The van der Waals surface area contributed by atoms with E-state index in [9.17, 15) is 14.0 Å². The number of anilines is 1. The number of carbonyl (C=O) groups is 2. The minimum atomic E-state index is -0.434. The molecule has 0 aliphatic carbocycles. The fraction of sp³-hybridized carbons (Fsp3) is 0.211. The summed E-state index contributed by atoms with van der Waals surface area (Å²) in [6.07, 6.45) is 0.160. The van der Waals surface area contributed by atoms with Crippen molar-refractivity contribution >= 4 is 28.8 Å². The molecule has 0 radical (unpaired) electrons. The molecule has 0 unspecified atom stereocenters. The molecule has 132 valence electrons. The summed E-state index contributed by atoms with van der Waals surface area (Å²) in [4.78, 5) is 33.7. The fourth-order valence-electron chi connectivity index (χ4n) is 3.14. The number of imidazole rings is 1. The minimum Gasteiger partial charge on any atom is -0.338 e. The van der Waals surface area contributed by atoms with E-state index in [-0.39, 0.29) is 24.1 Å². The van der Waals surface area contributed by atoms with Crippen LogP contribution in [-0.2, 0) is 16.1 Å². The highest BCUT2D eigenvalue weighted by Crippen LogP contribution is 2.22. The van der Waals surface area contributed by atoms with Crippen molar-refractivity contribution in [1.29, 1.82) is 0 Å². The molecule has 0 saturated carbocycles. The monoisotopic (exact) mass is 352 g/mol. The van der Waals surface area contributed by atoms with Gasteiger partial charge in [0.2, 0.25) is 17.8 Å². The molecule has 2 amide bonds. The number of likely N-dealkylation sites (tertiary alicyclic amines) is 1. The molecular weight excluding hydrogens is 335 g/mol. The molecule has 6 nitrogen and oxygen atoms in total. The number of rotatable bonds is 4. The molecule has 1 aromatic heterocycles. The van der Waals surface area contributed by atoms with Crippen LogP contribution in [0.3, 0.4) is 0 Å². The van der Waals surface area contributed by atoms with E-state index in [0.29, 0.717) is 19.0 Å². The number of amides is 2. The Morgan fingerprint density at radius 2 is 2.00 bits per heavy atom. The first kappa shape index (κ1) is 16.3. The Bertz CT molecular complexity index is 934. The number of nitrogens with one attached hydrogen (secondary N) is 2. The standard InChI is InChI=1S/C19H17FN4O2/c20-14-7-5-12(6-8-14)10-24-11-13(9-17(24)25)18(26)23-19-21-15-3-1-2-4-16(15)22-19/h1-8,13H,9-11H2,(H2,21,22,23,26)/t13-/m1/s1. The van der Waals surface area contributed by atoms with Gasteiger partial charge in [-0.3, -0.25) is 14.9 Å². The fourth-order valence-corrected chi connectivity index (χ4v) is 3.14. The lowest BCUT2D eigenvalue weighted by Gasteiger charge is -2.16. The van der Waals surface area contributed by atoms with Crippen LogP contribution in [0.2, 0.25) is 0 Å². The van der Waals surface area contributed by atoms with Gasteiger partial charge in [-0.05, 0) is 29.8 Å². The van der Waals surface area contributed by atoms with Gasteiger partial charge in [0.25, 0.3) is 0 Å². The lowest BCUT2D eigenvalue weighted by atomic mass is 10.1. The van der Waals surface area contributed by atoms with E-state index in [1.807, 2.05) is 24.3 Å². The van der Waals surface area contributed by atoms with Crippen molar-refractivity contribution in [2.75, 3.05) is 11.9 Å². The second-order valence-corrected chi connectivity index (χ2v) is 6.39. The van der Waals surface area contributed by atoms with E-state index in [0.717, 1.165) is 16.6 Å². The number of halogens is 1. The number of carbonyl (C=O) groups excluding carboxylic acids is 2. The van der Waals surface area contributed by atoms with Gasteiger partial charge in [0, 0.05) is 19.5 Å². The Morgan fingerprint density at radius 1 is 1.23 bits per heavy atom. The lowest BCUT2D eigenvalue weighted by Crippen LogP contribution is -2.28. The van der Waals surface area contributed by atoms with E-state index in [4.69, 9.17) is 0 Å². The number of hydrogen-bond acceptors (Lipinski definition) is 3. The number of aromatic amines is 1. The van der Waals surface area contributed by atoms with Gasteiger partial charge >= 0.3 is 0 Å². The van der Waals surface area contributed by atoms with Gasteiger partial charge < -0.3 is 9.88 Å². The topological polar surface area (TPSA) is 78.1 Å². The summed E-state index contributed by atoms with van der Waals surface area (Å²) in [5.41, 5.74) is 2.43. The second kappa shape index (κ2) is 6.59. The molecule has 2 aromatic carbocycles. The van der Waals surface area contributed by atoms with Crippen LogP contribution in [0.5, 0.6) is 0 Å². The molecule has 26 heavy (non-hydrogen) atoms. The average Bonchev–Trinajstić information content (AvgIpc) is 3.20. The highest BCUT2D eigenvalue weighted by atomic mass is 19.1. The van der Waals surface area contributed by atoms with Gasteiger partial charge in [-0.15, -0.1) is 0 Å². The van der Waals surface area contributed by atoms with Crippen LogP contribution in [0.4, 0.5) is 10.3 Å². The van der Waals surface area contributed by atoms with Gasteiger partial charge in [-0.2, -0.15) is 0 Å². The number of benzene rings is 2. The Morgan fingerprint density at radius 3 is 2.77 bits per heavy atom. The molecule has 2 N–H and O–H groups in total. The Kier molecular flexibility index (Phi) is 4.12. The smallest absolute Gasteiger partial charge is 0.232 e. The zero-order valence-electron chi connectivity index (χ0n) is 13.9. The normalized spacial score (nSPS) is 17.0. The summed E-state index contributed by atoms with van der Waals surface area (Å²) in [7, 11) is 0. The quantitative estimate of drug-likeness (QED) is 0.758.